The normalized spacial score (nSPS) is 21.9. The van der Waals surface area contributed by atoms with Gasteiger partial charge in [-0.2, -0.15) is 0 Å². The maximum absolute atomic E-state index is 13.0. The molecule has 0 fully saturated rings. The van der Waals surface area contributed by atoms with Gasteiger partial charge in [0.15, 0.2) is 0 Å². The van der Waals surface area contributed by atoms with Gasteiger partial charge in [0.1, 0.15) is 11.4 Å². The van der Waals surface area contributed by atoms with E-state index in [2.05, 4.69) is 54.6 Å². The van der Waals surface area contributed by atoms with Gasteiger partial charge in [0.2, 0.25) is 5.91 Å². The summed E-state index contributed by atoms with van der Waals surface area (Å²) in [6.07, 6.45) is 9.56. The Morgan fingerprint density at radius 3 is 2.54 bits per heavy atom. The van der Waals surface area contributed by atoms with Crippen molar-refractivity contribution < 1.29 is 4.79 Å². The van der Waals surface area contributed by atoms with E-state index in [1.165, 1.54) is 16.7 Å². The maximum Gasteiger partial charge on any atom is 0.238 e. The van der Waals surface area contributed by atoms with Crippen molar-refractivity contribution in [3.63, 3.8) is 0 Å². The van der Waals surface area contributed by atoms with E-state index in [4.69, 9.17) is 11.6 Å². The van der Waals surface area contributed by atoms with E-state index in [9.17, 15) is 4.79 Å². The van der Waals surface area contributed by atoms with Crippen LogP contribution in [0.15, 0.2) is 78.4 Å². The number of rotatable bonds is 3. The number of amides is 1. The molecule has 2 nitrogen and oxygen atoms in total. The van der Waals surface area contributed by atoms with Crippen LogP contribution in [0.2, 0.25) is 0 Å². The Hall–Kier alpha value is -2.32. The number of benzene rings is 2. The fraction of sp³-hybridized carbons (Fsp3) is 0.261. The predicted octanol–water partition coefficient (Wildman–Crippen LogP) is 4.83. The standard InChI is InChI=1S/C23H22ClNO/c24-17-22(26)25-16-15-18-9-7-8-14-21(18)23(25,19-10-3-1-4-11-19)20-12-5-2-6-13-20/h1,3-5,7-14H,2,6,15-17H2. The minimum Gasteiger partial charge on any atom is -0.323 e. The van der Waals surface area contributed by atoms with E-state index in [0.29, 0.717) is 6.54 Å². The van der Waals surface area contributed by atoms with Crippen LogP contribution in [-0.4, -0.2) is 23.2 Å². The Morgan fingerprint density at radius 2 is 1.81 bits per heavy atom. The highest BCUT2D eigenvalue weighted by molar-refractivity contribution is 6.27. The summed E-state index contributed by atoms with van der Waals surface area (Å²) in [7, 11) is 0. The molecular weight excluding hydrogens is 342 g/mol. The van der Waals surface area contributed by atoms with E-state index in [0.717, 1.165) is 24.8 Å². The lowest BCUT2D eigenvalue weighted by atomic mass is 9.69. The van der Waals surface area contributed by atoms with Crippen molar-refractivity contribution in [1.29, 1.82) is 0 Å². The van der Waals surface area contributed by atoms with Crippen molar-refractivity contribution >= 4 is 17.5 Å². The molecule has 1 aliphatic heterocycles. The highest BCUT2D eigenvalue weighted by atomic mass is 35.5. The maximum atomic E-state index is 13.0. The fourth-order valence-electron chi connectivity index (χ4n) is 4.37. The van der Waals surface area contributed by atoms with Gasteiger partial charge in [-0.05, 0) is 41.5 Å². The first-order chi connectivity index (χ1) is 12.8. The summed E-state index contributed by atoms with van der Waals surface area (Å²) >= 11 is 6.04. The summed E-state index contributed by atoms with van der Waals surface area (Å²) in [5.41, 5.74) is 4.16. The number of carbonyl (C=O) groups excluding carboxylic acids is 1. The molecule has 0 saturated carbocycles. The van der Waals surface area contributed by atoms with Gasteiger partial charge in [0.25, 0.3) is 0 Å². The number of allylic oxidation sites excluding steroid dienone is 2. The molecule has 0 saturated heterocycles. The zero-order valence-electron chi connectivity index (χ0n) is 14.7. The third-order valence-corrected chi connectivity index (χ3v) is 5.67. The van der Waals surface area contributed by atoms with Gasteiger partial charge in [-0.15, -0.1) is 11.6 Å². The van der Waals surface area contributed by atoms with E-state index in [1.54, 1.807) is 0 Å². The largest absolute Gasteiger partial charge is 0.323 e. The molecule has 1 unspecified atom stereocenters. The summed E-state index contributed by atoms with van der Waals surface area (Å²) in [6.45, 7) is 0.669. The Labute approximate surface area is 159 Å². The van der Waals surface area contributed by atoms with Crippen LogP contribution >= 0.6 is 11.6 Å². The molecule has 26 heavy (non-hydrogen) atoms. The lowest BCUT2D eigenvalue weighted by molar-refractivity contribution is -0.133. The lowest BCUT2D eigenvalue weighted by Gasteiger charge is -2.50. The number of carbonyl (C=O) groups is 1. The van der Waals surface area contributed by atoms with Gasteiger partial charge in [-0.25, -0.2) is 0 Å². The Kier molecular flexibility index (Phi) is 4.69. The molecular formula is C23H22ClNO. The van der Waals surface area contributed by atoms with Crippen molar-refractivity contribution in [3.05, 3.63) is 95.1 Å². The van der Waals surface area contributed by atoms with Gasteiger partial charge in [0, 0.05) is 6.54 Å². The van der Waals surface area contributed by atoms with Crippen LogP contribution in [-0.2, 0) is 16.8 Å². The summed E-state index contributed by atoms with van der Waals surface area (Å²) < 4.78 is 0. The summed E-state index contributed by atoms with van der Waals surface area (Å²) in [5, 5.41) is 0. The van der Waals surface area contributed by atoms with Crippen LogP contribution < -0.4 is 0 Å². The average Bonchev–Trinajstić information content (AvgIpc) is 2.73. The smallest absolute Gasteiger partial charge is 0.238 e. The van der Waals surface area contributed by atoms with E-state index < -0.39 is 5.54 Å². The van der Waals surface area contributed by atoms with E-state index >= 15 is 0 Å². The second kappa shape index (κ2) is 7.13. The van der Waals surface area contributed by atoms with Crippen LogP contribution in [0.25, 0.3) is 0 Å². The van der Waals surface area contributed by atoms with E-state index in [1.807, 2.05) is 23.1 Å². The molecule has 1 aliphatic carbocycles. The van der Waals surface area contributed by atoms with Crippen molar-refractivity contribution in [1.82, 2.24) is 4.90 Å². The predicted molar refractivity (Wildman–Crippen MR) is 106 cm³/mol. The van der Waals surface area contributed by atoms with Crippen LogP contribution in [0, 0.1) is 0 Å². The van der Waals surface area contributed by atoms with Gasteiger partial charge in [-0.3, -0.25) is 4.79 Å². The molecule has 1 heterocycles. The van der Waals surface area contributed by atoms with Gasteiger partial charge in [0.05, 0.1) is 0 Å². The molecule has 0 spiro atoms. The van der Waals surface area contributed by atoms with Crippen LogP contribution in [0.3, 0.4) is 0 Å². The molecule has 1 atom stereocenters. The summed E-state index contributed by atoms with van der Waals surface area (Å²) in [5.74, 6) is -0.0294. The van der Waals surface area contributed by atoms with Crippen LogP contribution in [0.1, 0.15) is 29.5 Å². The average molecular weight is 364 g/mol. The number of alkyl halides is 1. The minimum absolute atomic E-state index is 0.00621. The molecule has 0 radical (unpaired) electrons. The highest BCUT2D eigenvalue weighted by Gasteiger charge is 2.48. The quantitative estimate of drug-likeness (QED) is 0.715. The fourth-order valence-corrected chi connectivity index (χ4v) is 4.52. The molecule has 2 aliphatic rings. The Bertz CT molecular complexity index is 871. The number of nitrogens with zero attached hydrogens (tertiary/aromatic N) is 1. The van der Waals surface area contributed by atoms with Crippen molar-refractivity contribution in [2.75, 3.05) is 12.4 Å². The number of halogens is 1. The first-order valence-electron chi connectivity index (χ1n) is 9.16. The molecule has 3 heteroatoms. The lowest BCUT2D eigenvalue weighted by Crippen LogP contribution is -2.55. The van der Waals surface area contributed by atoms with E-state index in [-0.39, 0.29) is 11.8 Å². The molecule has 0 N–H and O–H groups in total. The van der Waals surface area contributed by atoms with Gasteiger partial charge >= 0.3 is 0 Å². The highest BCUT2D eigenvalue weighted by Crippen LogP contribution is 2.48. The topological polar surface area (TPSA) is 20.3 Å². The zero-order valence-corrected chi connectivity index (χ0v) is 15.5. The monoisotopic (exact) mass is 363 g/mol. The van der Waals surface area contributed by atoms with Gasteiger partial charge in [-0.1, -0.05) is 72.8 Å². The van der Waals surface area contributed by atoms with Crippen molar-refractivity contribution in [3.8, 4) is 0 Å². The Morgan fingerprint density at radius 1 is 1.04 bits per heavy atom. The van der Waals surface area contributed by atoms with Gasteiger partial charge < -0.3 is 4.90 Å². The molecule has 2 aromatic rings. The second-order valence-corrected chi connectivity index (χ2v) is 7.07. The third kappa shape index (κ3) is 2.60. The molecule has 2 aromatic carbocycles. The van der Waals surface area contributed by atoms with Crippen molar-refractivity contribution in [2.45, 2.75) is 24.8 Å². The molecule has 0 aromatic heterocycles. The first kappa shape index (κ1) is 17.1. The minimum atomic E-state index is -0.612. The number of fused-ring (bicyclic) bond motifs is 1. The summed E-state index contributed by atoms with van der Waals surface area (Å²) in [4.78, 5) is 14.9. The first-order valence-corrected chi connectivity index (χ1v) is 9.69. The Balaban J connectivity index is 2.06. The summed E-state index contributed by atoms with van der Waals surface area (Å²) in [6, 6.07) is 18.9. The zero-order chi connectivity index (χ0) is 18.0. The van der Waals surface area contributed by atoms with Crippen molar-refractivity contribution in [2.24, 2.45) is 0 Å². The van der Waals surface area contributed by atoms with Crippen LogP contribution in [0.4, 0.5) is 0 Å². The third-order valence-electron chi connectivity index (χ3n) is 5.44. The second-order valence-electron chi connectivity index (χ2n) is 6.80. The number of hydrogen-bond acceptors (Lipinski definition) is 1. The molecule has 0 bridgehead atoms. The van der Waals surface area contributed by atoms with Crippen LogP contribution in [0.5, 0.6) is 0 Å². The molecule has 1 amide bonds. The molecule has 4 rings (SSSR count). The number of hydrogen-bond donors (Lipinski definition) is 0. The SMILES string of the molecule is O=C(CCl)N1CCc2ccccc2C1(C1=CCCC=C1)c1ccccc1. The molecule has 132 valence electrons.